The van der Waals surface area contributed by atoms with E-state index >= 15 is 0 Å². The number of halogens is 1. The zero-order chi connectivity index (χ0) is 18.9. The van der Waals surface area contributed by atoms with Gasteiger partial charge in [0.25, 0.3) is 0 Å². The molecular weight excluding hydrogens is 343 g/mol. The predicted octanol–water partition coefficient (Wildman–Crippen LogP) is 3.72. The fourth-order valence-electron chi connectivity index (χ4n) is 3.98. The lowest BCUT2D eigenvalue weighted by atomic mass is 9.81. The van der Waals surface area contributed by atoms with Gasteiger partial charge in [0.2, 0.25) is 5.90 Å². The third kappa shape index (κ3) is 3.49. The molecule has 0 radical (unpaired) electrons. The van der Waals surface area contributed by atoms with E-state index in [1.807, 2.05) is 12.1 Å². The van der Waals surface area contributed by atoms with Crippen LogP contribution in [0.3, 0.4) is 0 Å². The Labute approximate surface area is 159 Å². The van der Waals surface area contributed by atoms with Gasteiger partial charge in [-0.2, -0.15) is 0 Å². The fourth-order valence-corrected chi connectivity index (χ4v) is 3.98. The number of benzene rings is 2. The first kappa shape index (κ1) is 18.1. The molecule has 0 saturated heterocycles. The summed E-state index contributed by atoms with van der Waals surface area (Å²) in [6.45, 7) is 2.88. The van der Waals surface area contributed by atoms with Crippen molar-refractivity contribution in [2.45, 2.75) is 25.0 Å². The molecule has 5 heteroatoms. The van der Waals surface area contributed by atoms with E-state index in [2.05, 4.69) is 42.2 Å². The molecule has 1 unspecified atom stereocenters. The van der Waals surface area contributed by atoms with Gasteiger partial charge in [-0.3, -0.25) is 0 Å². The van der Waals surface area contributed by atoms with Crippen molar-refractivity contribution in [1.82, 2.24) is 4.90 Å². The molecule has 2 aromatic rings. The minimum atomic E-state index is -0.532. The lowest BCUT2D eigenvalue weighted by Crippen LogP contribution is -2.28. The summed E-state index contributed by atoms with van der Waals surface area (Å²) in [6, 6.07) is 13.0. The van der Waals surface area contributed by atoms with Gasteiger partial charge in [0.05, 0.1) is 13.2 Å². The van der Waals surface area contributed by atoms with E-state index in [4.69, 9.17) is 9.47 Å². The summed E-state index contributed by atoms with van der Waals surface area (Å²) < 4.78 is 25.5. The standard InChI is InChI=1S/C22H25FN2O2/c1-25(2)12-3-10-22(18-5-7-19(23)8-6-18)20-9-4-16(14-17(20)15-27-22)21-24-11-13-26-21/h4-9,14H,3,10-13,15H2,1-2H3. The van der Waals surface area contributed by atoms with Crippen molar-refractivity contribution in [3.8, 4) is 0 Å². The van der Waals surface area contributed by atoms with Crippen molar-refractivity contribution in [2.75, 3.05) is 33.8 Å². The zero-order valence-corrected chi connectivity index (χ0v) is 15.9. The van der Waals surface area contributed by atoms with Gasteiger partial charge in [-0.1, -0.05) is 18.2 Å². The maximum absolute atomic E-state index is 13.5. The average Bonchev–Trinajstić information content (AvgIpc) is 3.31. The molecule has 4 rings (SSSR count). The van der Waals surface area contributed by atoms with Crippen molar-refractivity contribution in [2.24, 2.45) is 4.99 Å². The molecule has 1 atom stereocenters. The van der Waals surface area contributed by atoms with Crippen molar-refractivity contribution < 1.29 is 13.9 Å². The van der Waals surface area contributed by atoms with Crippen LogP contribution in [-0.4, -0.2) is 44.6 Å². The molecule has 0 aromatic heterocycles. The van der Waals surface area contributed by atoms with Crippen LogP contribution < -0.4 is 0 Å². The third-order valence-electron chi connectivity index (χ3n) is 5.29. The van der Waals surface area contributed by atoms with E-state index in [0.29, 0.717) is 25.7 Å². The number of hydrogen-bond acceptors (Lipinski definition) is 4. The number of rotatable bonds is 6. The normalized spacial score (nSPS) is 21.3. The summed E-state index contributed by atoms with van der Waals surface area (Å²) in [4.78, 5) is 6.58. The van der Waals surface area contributed by atoms with E-state index in [1.165, 1.54) is 12.1 Å². The predicted molar refractivity (Wildman–Crippen MR) is 104 cm³/mol. The molecular formula is C22H25FN2O2. The maximum Gasteiger partial charge on any atom is 0.216 e. The quantitative estimate of drug-likeness (QED) is 0.779. The Hall–Kier alpha value is -2.24. The summed E-state index contributed by atoms with van der Waals surface area (Å²) in [5.41, 5.74) is 3.78. The number of aliphatic imine (C=N–C) groups is 1. The molecule has 0 saturated carbocycles. The Morgan fingerprint density at radius 2 is 1.96 bits per heavy atom. The average molecular weight is 368 g/mol. The molecule has 0 fully saturated rings. The van der Waals surface area contributed by atoms with Crippen LogP contribution in [0.4, 0.5) is 4.39 Å². The van der Waals surface area contributed by atoms with Gasteiger partial charge in [-0.25, -0.2) is 9.38 Å². The van der Waals surface area contributed by atoms with Gasteiger partial charge in [0, 0.05) is 5.56 Å². The first-order valence-electron chi connectivity index (χ1n) is 9.44. The molecule has 2 heterocycles. The molecule has 142 valence electrons. The van der Waals surface area contributed by atoms with Crippen molar-refractivity contribution >= 4 is 5.90 Å². The van der Waals surface area contributed by atoms with Crippen molar-refractivity contribution in [3.05, 3.63) is 70.5 Å². The van der Waals surface area contributed by atoms with Gasteiger partial charge in [-0.05, 0) is 74.4 Å². The summed E-state index contributed by atoms with van der Waals surface area (Å²) in [5.74, 6) is 0.483. The van der Waals surface area contributed by atoms with Crippen LogP contribution in [0.2, 0.25) is 0 Å². The van der Waals surface area contributed by atoms with E-state index in [-0.39, 0.29) is 5.82 Å². The third-order valence-corrected chi connectivity index (χ3v) is 5.29. The second-order valence-corrected chi connectivity index (χ2v) is 7.44. The lowest BCUT2D eigenvalue weighted by molar-refractivity contribution is -0.0140. The van der Waals surface area contributed by atoms with Crippen LogP contribution in [0.5, 0.6) is 0 Å². The lowest BCUT2D eigenvalue weighted by Gasteiger charge is -2.31. The molecule has 4 nitrogen and oxygen atoms in total. The molecule has 2 aromatic carbocycles. The molecule has 0 amide bonds. The van der Waals surface area contributed by atoms with Gasteiger partial charge >= 0.3 is 0 Å². The molecule has 0 aliphatic carbocycles. The largest absolute Gasteiger partial charge is 0.476 e. The summed E-state index contributed by atoms with van der Waals surface area (Å²) in [5, 5.41) is 0. The first-order chi connectivity index (χ1) is 13.1. The van der Waals surface area contributed by atoms with Gasteiger partial charge < -0.3 is 14.4 Å². The SMILES string of the molecule is CN(C)CCCC1(c2ccc(F)cc2)OCc2cc(C3=NCCO3)ccc21. The second kappa shape index (κ2) is 7.41. The van der Waals surface area contributed by atoms with Crippen LogP contribution in [-0.2, 0) is 21.7 Å². The molecule has 2 aliphatic heterocycles. The highest BCUT2D eigenvalue weighted by Gasteiger charge is 2.41. The van der Waals surface area contributed by atoms with Crippen LogP contribution in [0.25, 0.3) is 0 Å². The van der Waals surface area contributed by atoms with Crippen LogP contribution >= 0.6 is 0 Å². The van der Waals surface area contributed by atoms with Gasteiger partial charge in [-0.15, -0.1) is 0 Å². The fraction of sp³-hybridized carbons (Fsp3) is 0.409. The van der Waals surface area contributed by atoms with E-state index in [1.54, 1.807) is 0 Å². The van der Waals surface area contributed by atoms with Crippen LogP contribution in [0.15, 0.2) is 47.5 Å². The zero-order valence-electron chi connectivity index (χ0n) is 15.9. The molecule has 2 aliphatic rings. The van der Waals surface area contributed by atoms with Crippen LogP contribution in [0, 0.1) is 5.82 Å². The Balaban J connectivity index is 1.71. The van der Waals surface area contributed by atoms with E-state index in [0.717, 1.165) is 41.6 Å². The molecule has 0 N–H and O–H groups in total. The second-order valence-electron chi connectivity index (χ2n) is 7.44. The van der Waals surface area contributed by atoms with Crippen molar-refractivity contribution in [3.63, 3.8) is 0 Å². The maximum atomic E-state index is 13.5. The molecule has 0 bridgehead atoms. The van der Waals surface area contributed by atoms with E-state index in [9.17, 15) is 4.39 Å². The molecule has 27 heavy (non-hydrogen) atoms. The molecule has 0 spiro atoms. The smallest absolute Gasteiger partial charge is 0.216 e. The van der Waals surface area contributed by atoms with E-state index < -0.39 is 5.60 Å². The Bertz CT molecular complexity index is 848. The Morgan fingerprint density at radius 3 is 2.67 bits per heavy atom. The Morgan fingerprint density at radius 1 is 1.15 bits per heavy atom. The first-order valence-corrected chi connectivity index (χ1v) is 9.44. The number of ether oxygens (including phenoxy) is 2. The monoisotopic (exact) mass is 368 g/mol. The minimum Gasteiger partial charge on any atom is -0.476 e. The number of nitrogens with zero attached hydrogens (tertiary/aromatic N) is 2. The van der Waals surface area contributed by atoms with Gasteiger partial charge in [0.15, 0.2) is 0 Å². The highest BCUT2D eigenvalue weighted by molar-refractivity contribution is 5.95. The highest BCUT2D eigenvalue weighted by Crippen LogP contribution is 2.45. The number of fused-ring (bicyclic) bond motifs is 1. The topological polar surface area (TPSA) is 34.1 Å². The highest BCUT2D eigenvalue weighted by atomic mass is 19.1. The van der Waals surface area contributed by atoms with Crippen LogP contribution in [0.1, 0.15) is 35.1 Å². The summed E-state index contributed by atoms with van der Waals surface area (Å²) >= 11 is 0. The minimum absolute atomic E-state index is 0.229. The van der Waals surface area contributed by atoms with Crippen molar-refractivity contribution in [1.29, 1.82) is 0 Å². The van der Waals surface area contributed by atoms with Gasteiger partial charge in [0.1, 0.15) is 18.0 Å². The Kier molecular flexibility index (Phi) is 4.98. The summed E-state index contributed by atoms with van der Waals surface area (Å²) in [7, 11) is 4.14. The summed E-state index contributed by atoms with van der Waals surface area (Å²) in [6.07, 6.45) is 1.84. The number of hydrogen-bond donors (Lipinski definition) is 0.